The smallest absolute Gasteiger partial charge is 0.305 e. The van der Waals surface area contributed by atoms with E-state index in [1.165, 1.54) is 6.07 Å². The Morgan fingerprint density at radius 3 is 2.58 bits per heavy atom. The highest BCUT2D eigenvalue weighted by Crippen LogP contribution is 2.28. The first-order valence-electron chi connectivity index (χ1n) is 10.8. The minimum absolute atomic E-state index is 0.0319. The van der Waals surface area contributed by atoms with Gasteiger partial charge in [-0.2, -0.15) is 0 Å². The van der Waals surface area contributed by atoms with Crippen molar-refractivity contribution in [1.29, 1.82) is 0 Å². The Morgan fingerprint density at radius 1 is 0.909 bits per heavy atom. The molecule has 0 bridgehead atoms. The predicted octanol–water partition coefficient (Wildman–Crippen LogP) is 2.98. The van der Waals surface area contributed by atoms with E-state index in [1.54, 1.807) is 12.1 Å². The van der Waals surface area contributed by atoms with Gasteiger partial charge >= 0.3 is 4.87 Å². The molecule has 3 aromatic carbocycles. The van der Waals surface area contributed by atoms with Crippen molar-refractivity contribution in [3.05, 3.63) is 92.6 Å². The van der Waals surface area contributed by atoms with E-state index in [9.17, 15) is 20.1 Å². The summed E-state index contributed by atoms with van der Waals surface area (Å²) >= 11 is 1.03. The number of aromatic hydroxyl groups is 2. The maximum atomic E-state index is 11.6. The highest BCUT2D eigenvalue weighted by atomic mass is 32.1. The highest BCUT2D eigenvalue weighted by Gasteiger charge is 2.13. The molecule has 0 amide bonds. The zero-order valence-corrected chi connectivity index (χ0v) is 18.9. The van der Waals surface area contributed by atoms with Gasteiger partial charge in [-0.05, 0) is 35.2 Å². The van der Waals surface area contributed by atoms with E-state index in [1.807, 2.05) is 24.3 Å². The maximum absolute atomic E-state index is 11.6. The lowest BCUT2D eigenvalue weighted by Crippen LogP contribution is -2.32. The Labute approximate surface area is 195 Å². The van der Waals surface area contributed by atoms with Crippen molar-refractivity contribution < 1.29 is 15.3 Å². The number of phenolic OH excluding ortho intramolecular Hbond substituents is 2. The SMILES string of the molecule is O=c1[nH]c2c(O)ccc(CC(O)NCCc3cccc(CNCc4ccccc4O)c3)c2s1. The van der Waals surface area contributed by atoms with Crippen molar-refractivity contribution >= 4 is 21.6 Å². The Balaban J connectivity index is 1.26. The van der Waals surface area contributed by atoms with Crippen LogP contribution >= 0.6 is 11.3 Å². The number of aliphatic hydroxyl groups is 1. The number of aromatic amines is 1. The van der Waals surface area contributed by atoms with E-state index in [-0.39, 0.29) is 10.6 Å². The second-order valence-corrected chi connectivity index (χ2v) is 8.92. The van der Waals surface area contributed by atoms with Crippen molar-refractivity contribution in [1.82, 2.24) is 15.6 Å². The van der Waals surface area contributed by atoms with E-state index in [4.69, 9.17) is 0 Å². The fraction of sp³-hybridized carbons (Fsp3) is 0.240. The summed E-state index contributed by atoms with van der Waals surface area (Å²) in [5, 5.41) is 36.7. The highest BCUT2D eigenvalue weighted by molar-refractivity contribution is 7.16. The fourth-order valence-electron chi connectivity index (χ4n) is 3.79. The van der Waals surface area contributed by atoms with E-state index in [0.29, 0.717) is 42.0 Å². The molecule has 7 nitrogen and oxygen atoms in total. The third kappa shape index (κ3) is 6.00. The van der Waals surface area contributed by atoms with Gasteiger partial charge in [0.1, 0.15) is 23.2 Å². The number of benzene rings is 3. The van der Waals surface area contributed by atoms with Crippen LogP contribution in [0, 0.1) is 0 Å². The number of fused-ring (bicyclic) bond motifs is 1. The average molecular weight is 466 g/mol. The minimum atomic E-state index is -0.765. The standard InChI is InChI=1S/C25H27N3O4S/c29-20-7-2-1-6-19(20)15-26-14-17-5-3-4-16(12-17)10-11-27-22(31)13-18-8-9-21(30)23-24(18)33-25(32)28-23/h1-9,12,22,26-27,29-31H,10-11,13-15H2,(H,28,32). The number of phenols is 2. The molecule has 0 aliphatic heterocycles. The van der Waals surface area contributed by atoms with Gasteiger partial charge in [0, 0.05) is 31.6 Å². The van der Waals surface area contributed by atoms with E-state index >= 15 is 0 Å². The summed E-state index contributed by atoms with van der Waals surface area (Å²) in [7, 11) is 0. The summed E-state index contributed by atoms with van der Waals surface area (Å²) in [5.74, 6) is 0.326. The second kappa shape index (κ2) is 10.6. The molecule has 0 aliphatic rings. The fourth-order valence-corrected chi connectivity index (χ4v) is 4.67. The van der Waals surface area contributed by atoms with Gasteiger partial charge in [-0.3, -0.25) is 10.1 Å². The minimum Gasteiger partial charge on any atom is -0.508 e. The molecule has 0 fully saturated rings. The number of H-pyrrole nitrogens is 1. The quantitative estimate of drug-likeness (QED) is 0.201. The molecule has 6 N–H and O–H groups in total. The van der Waals surface area contributed by atoms with Crippen molar-refractivity contribution in [2.45, 2.75) is 32.2 Å². The van der Waals surface area contributed by atoms with Crippen molar-refractivity contribution in [3.63, 3.8) is 0 Å². The molecule has 4 aromatic rings. The summed E-state index contributed by atoms with van der Waals surface area (Å²) < 4.78 is 0.671. The molecule has 1 heterocycles. The molecule has 0 radical (unpaired) electrons. The van der Waals surface area contributed by atoms with Crippen LogP contribution in [0.1, 0.15) is 22.3 Å². The molecule has 0 saturated heterocycles. The Bertz CT molecular complexity index is 1280. The third-order valence-electron chi connectivity index (χ3n) is 5.47. The zero-order valence-electron chi connectivity index (χ0n) is 18.0. The van der Waals surface area contributed by atoms with E-state index < -0.39 is 6.23 Å². The lowest BCUT2D eigenvalue weighted by Gasteiger charge is -2.14. The lowest BCUT2D eigenvalue weighted by molar-refractivity contribution is 0.138. The Kier molecular flexibility index (Phi) is 7.41. The summed E-state index contributed by atoms with van der Waals surface area (Å²) in [5.41, 5.74) is 4.40. The first-order chi connectivity index (χ1) is 16.0. The third-order valence-corrected chi connectivity index (χ3v) is 6.43. The van der Waals surface area contributed by atoms with Gasteiger partial charge < -0.3 is 25.6 Å². The molecule has 0 aliphatic carbocycles. The topological polar surface area (TPSA) is 118 Å². The normalized spacial score (nSPS) is 12.3. The van der Waals surface area contributed by atoms with Gasteiger partial charge in [-0.25, -0.2) is 0 Å². The van der Waals surface area contributed by atoms with Gasteiger partial charge in [0.15, 0.2) is 0 Å². The molecule has 0 saturated carbocycles. The summed E-state index contributed by atoms with van der Waals surface area (Å²) in [6.07, 6.45) is 0.326. The van der Waals surface area contributed by atoms with Crippen LogP contribution in [0.25, 0.3) is 10.2 Å². The Hall–Kier alpha value is -3.17. The van der Waals surface area contributed by atoms with Crippen molar-refractivity contribution in [2.24, 2.45) is 0 Å². The zero-order chi connectivity index (χ0) is 23.2. The van der Waals surface area contributed by atoms with Crippen molar-refractivity contribution in [3.8, 4) is 11.5 Å². The maximum Gasteiger partial charge on any atom is 0.305 e. The van der Waals surface area contributed by atoms with Crippen LogP contribution in [0.3, 0.4) is 0 Å². The number of aliphatic hydroxyl groups excluding tert-OH is 1. The molecule has 8 heteroatoms. The van der Waals surface area contributed by atoms with Crippen LogP contribution in [0.15, 0.2) is 65.5 Å². The average Bonchev–Trinajstić information content (AvgIpc) is 3.20. The van der Waals surface area contributed by atoms with Gasteiger partial charge in [0.25, 0.3) is 0 Å². The van der Waals surface area contributed by atoms with Crippen LogP contribution in [-0.2, 0) is 25.9 Å². The number of nitrogens with one attached hydrogen (secondary N) is 3. The summed E-state index contributed by atoms with van der Waals surface area (Å²) in [4.78, 5) is 14.0. The molecular formula is C25H27N3O4S. The first-order valence-corrected chi connectivity index (χ1v) is 11.6. The summed E-state index contributed by atoms with van der Waals surface area (Å²) in [6, 6.07) is 18.8. The number of rotatable bonds is 10. The first kappa shape index (κ1) is 23.0. The van der Waals surface area contributed by atoms with Crippen LogP contribution in [0.4, 0.5) is 0 Å². The number of hydrogen-bond acceptors (Lipinski definition) is 7. The lowest BCUT2D eigenvalue weighted by atomic mass is 10.1. The van der Waals surface area contributed by atoms with Crippen LogP contribution in [0.5, 0.6) is 11.5 Å². The number of hydrogen-bond donors (Lipinski definition) is 6. The predicted molar refractivity (Wildman–Crippen MR) is 131 cm³/mol. The van der Waals surface area contributed by atoms with Gasteiger partial charge in [-0.15, -0.1) is 0 Å². The molecule has 1 aromatic heterocycles. The molecule has 172 valence electrons. The largest absolute Gasteiger partial charge is 0.508 e. The van der Waals surface area contributed by atoms with Gasteiger partial charge in [-0.1, -0.05) is 59.9 Å². The molecule has 33 heavy (non-hydrogen) atoms. The molecule has 1 atom stereocenters. The number of thiazole rings is 1. The van der Waals surface area contributed by atoms with E-state index in [0.717, 1.165) is 40.0 Å². The second-order valence-electron chi connectivity index (χ2n) is 7.94. The van der Waals surface area contributed by atoms with Crippen LogP contribution in [-0.4, -0.2) is 33.1 Å². The van der Waals surface area contributed by atoms with E-state index in [2.05, 4.69) is 33.8 Å². The molecule has 4 rings (SSSR count). The number of para-hydroxylation sites is 1. The van der Waals surface area contributed by atoms with Crippen LogP contribution < -0.4 is 15.5 Å². The van der Waals surface area contributed by atoms with Crippen LogP contribution in [0.2, 0.25) is 0 Å². The molecule has 1 unspecified atom stereocenters. The summed E-state index contributed by atoms with van der Waals surface area (Å²) in [6.45, 7) is 1.88. The van der Waals surface area contributed by atoms with Crippen molar-refractivity contribution in [2.75, 3.05) is 6.54 Å². The monoisotopic (exact) mass is 465 g/mol. The molecule has 0 spiro atoms. The number of aromatic nitrogens is 1. The molecular weight excluding hydrogens is 438 g/mol. The van der Waals surface area contributed by atoms with Gasteiger partial charge in [0.2, 0.25) is 0 Å². The van der Waals surface area contributed by atoms with Gasteiger partial charge in [0.05, 0.1) is 4.70 Å². The Morgan fingerprint density at radius 2 is 1.73 bits per heavy atom.